The van der Waals surface area contributed by atoms with Crippen LogP contribution in [0.5, 0.6) is 10.8 Å². The molecule has 1 aromatic carbocycles. The van der Waals surface area contributed by atoms with E-state index in [1.54, 1.807) is 19.2 Å². The summed E-state index contributed by atoms with van der Waals surface area (Å²) >= 11 is 1.34. The fraction of sp³-hybridized carbons (Fsp3) is 0.214. The summed E-state index contributed by atoms with van der Waals surface area (Å²) in [5.74, 6) is 0.774. The molecule has 0 fully saturated rings. The van der Waals surface area contributed by atoms with E-state index in [9.17, 15) is 4.79 Å². The second-order valence-corrected chi connectivity index (χ2v) is 4.84. The predicted octanol–water partition coefficient (Wildman–Crippen LogP) is 3.54. The smallest absolute Gasteiger partial charge is 0.181 e. The highest BCUT2D eigenvalue weighted by Crippen LogP contribution is 2.28. The second-order valence-electron chi connectivity index (χ2n) is 3.76. The first-order valence-corrected chi connectivity index (χ1v) is 6.44. The molecule has 0 spiro atoms. The van der Waals surface area contributed by atoms with Crippen molar-refractivity contribution in [3.05, 3.63) is 46.8 Å². The number of rotatable bonds is 6. The zero-order valence-electron chi connectivity index (χ0n) is 10.1. The molecular formula is C14H14O3S. The molecule has 0 N–H and O–H groups in total. The quantitative estimate of drug-likeness (QED) is 0.747. The standard InChI is InChI=1S/C14H14O3S/c1-16-9-8-11-2-4-12(5-3-11)17-14-7-6-13(10-15)18-14/h2-7,10H,8-9H2,1H3. The molecule has 18 heavy (non-hydrogen) atoms. The Morgan fingerprint density at radius 3 is 2.56 bits per heavy atom. The number of methoxy groups -OCH3 is 1. The van der Waals surface area contributed by atoms with Crippen molar-refractivity contribution in [3.63, 3.8) is 0 Å². The van der Waals surface area contributed by atoms with E-state index in [2.05, 4.69) is 0 Å². The van der Waals surface area contributed by atoms with E-state index in [1.165, 1.54) is 16.9 Å². The largest absolute Gasteiger partial charge is 0.447 e. The van der Waals surface area contributed by atoms with Crippen LogP contribution in [0.25, 0.3) is 0 Å². The molecule has 0 radical (unpaired) electrons. The van der Waals surface area contributed by atoms with Gasteiger partial charge in [-0.1, -0.05) is 23.5 Å². The van der Waals surface area contributed by atoms with E-state index in [0.717, 1.165) is 23.5 Å². The topological polar surface area (TPSA) is 35.5 Å². The minimum absolute atomic E-state index is 0.668. The van der Waals surface area contributed by atoms with Crippen LogP contribution in [0.15, 0.2) is 36.4 Å². The lowest BCUT2D eigenvalue weighted by Gasteiger charge is -2.04. The lowest BCUT2D eigenvalue weighted by molar-refractivity contribution is 0.112. The van der Waals surface area contributed by atoms with Crippen molar-refractivity contribution in [2.24, 2.45) is 0 Å². The van der Waals surface area contributed by atoms with Gasteiger partial charge in [0.25, 0.3) is 0 Å². The van der Waals surface area contributed by atoms with Crippen molar-refractivity contribution in [1.29, 1.82) is 0 Å². The highest BCUT2D eigenvalue weighted by atomic mass is 32.1. The summed E-state index contributed by atoms with van der Waals surface area (Å²) in [5, 5.41) is 0.724. The van der Waals surface area contributed by atoms with Crippen LogP contribution in [-0.2, 0) is 11.2 Å². The Hall–Kier alpha value is -1.65. The Bertz CT molecular complexity index is 502. The van der Waals surface area contributed by atoms with Gasteiger partial charge < -0.3 is 9.47 Å². The number of hydrogen-bond acceptors (Lipinski definition) is 4. The van der Waals surface area contributed by atoms with Crippen molar-refractivity contribution in [2.75, 3.05) is 13.7 Å². The Kier molecular flexibility index (Phi) is 4.50. The van der Waals surface area contributed by atoms with Crippen molar-refractivity contribution in [2.45, 2.75) is 6.42 Å². The molecule has 0 aliphatic heterocycles. The molecule has 0 aliphatic rings. The molecular weight excluding hydrogens is 248 g/mol. The third-order valence-electron chi connectivity index (χ3n) is 2.45. The number of carbonyl (C=O) groups is 1. The number of carbonyl (C=O) groups excluding carboxylic acids is 1. The molecule has 1 heterocycles. The fourth-order valence-electron chi connectivity index (χ4n) is 1.51. The van der Waals surface area contributed by atoms with Gasteiger partial charge in [0.2, 0.25) is 0 Å². The van der Waals surface area contributed by atoms with E-state index >= 15 is 0 Å². The Morgan fingerprint density at radius 1 is 1.17 bits per heavy atom. The normalized spacial score (nSPS) is 10.3. The third kappa shape index (κ3) is 3.42. The van der Waals surface area contributed by atoms with Crippen LogP contribution in [0.1, 0.15) is 15.2 Å². The van der Waals surface area contributed by atoms with Gasteiger partial charge in [-0.15, -0.1) is 0 Å². The summed E-state index contributed by atoms with van der Waals surface area (Å²) in [6.07, 6.45) is 1.72. The summed E-state index contributed by atoms with van der Waals surface area (Å²) in [5.41, 5.74) is 1.21. The minimum atomic E-state index is 0.668. The zero-order chi connectivity index (χ0) is 12.8. The van der Waals surface area contributed by atoms with Gasteiger partial charge in [0.15, 0.2) is 11.3 Å². The van der Waals surface area contributed by atoms with E-state index in [1.807, 2.05) is 24.3 Å². The van der Waals surface area contributed by atoms with Crippen LogP contribution in [0.3, 0.4) is 0 Å². The molecule has 0 saturated carbocycles. The van der Waals surface area contributed by atoms with Crippen LogP contribution in [-0.4, -0.2) is 20.0 Å². The van der Waals surface area contributed by atoms with E-state index in [4.69, 9.17) is 9.47 Å². The van der Waals surface area contributed by atoms with Crippen LogP contribution in [0.4, 0.5) is 0 Å². The first-order chi connectivity index (χ1) is 8.81. The molecule has 0 aliphatic carbocycles. The lowest BCUT2D eigenvalue weighted by atomic mass is 10.1. The van der Waals surface area contributed by atoms with Crippen molar-refractivity contribution in [1.82, 2.24) is 0 Å². The number of aldehydes is 1. The second kappa shape index (κ2) is 6.33. The molecule has 0 unspecified atom stereocenters. The maximum atomic E-state index is 10.6. The molecule has 2 rings (SSSR count). The minimum Gasteiger partial charge on any atom is -0.447 e. The number of benzene rings is 1. The Labute approximate surface area is 110 Å². The summed E-state index contributed by atoms with van der Waals surface area (Å²) in [6, 6.07) is 11.4. The van der Waals surface area contributed by atoms with Gasteiger partial charge in [-0.2, -0.15) is 0 Å². The first-order valence-electron chi connectivity index (χ1n) is 5.62. The average molecular weight is 262 g/mol. The SMILES string of the molecule is COCCc1ccc(Oc2ccc(C=O)s2)cc1. The van der Waals surface area contributed by atoms with Crippen molar-refractivity contribution >= 4 is 17.6 Å². The Morgan fingerprint density at radius 2 is 1.94 bits per heavy atom. The van der Waals surface area contributed by atoms with Gasteiger partial charge in [0.05, 0.1) is 11.5 Å². The van der Waals surface area contributed by atoms with Crippen LogP contribution in [0, 0.1) is 0 Å². The predicted molar refractivity (Wildman–Crippen MR) is 71.8 cm³/mol. The fourth-order valence-corrected chi connectivity index (χ4v) is 2.20. The maximum absolute atomic E-state index is 10.6. The van der Waals surface area contributed by atoms with Gasteiger partial charge in [-0.3, -0.25) is 4.79 Å². The molecule has 1 aromatic heterocycles. The Balaban J connectivity index is 1.99. The molecule has 4 heteroatoms. The van der Waals surface area contributed by atoms with E-state index in [-0.39, 0.29) is 0 Å². The van der Waals surface area contributed by atoms with Gasteiger partial charge in [-0.25, -0.2) is 0 Å². The average Bonchev–Trinajstić information content (AvgIpc) is 2.86. The zero-order valence-corrected chi connectivity index (χ0v) is 10.9. The first kappa shape index (κ1) is 12.8. The molecule has 0 saturated heterocycles. The molecule has 94 valence electrons. The summed E-state index contributed by atoms with van der Waals surface area (Å²) in [7, 11) is 1.69. The lowest BCUT2D eigenvalue weighted by Crippen LogP contribution is -1.93. The van der Waals surface area contributed by atoms with Crippen molar-refractivity contribution < 1.29 is 14.3 Å². The molecule has 0 bridgehead atoms. The number of thiophene rings is 1. The summed E-state index contributed by atoms with van der Waals surface area (Å²) in [6.45, 7) is 0.716. The summed E-state index contributed by atoms with van der Waals surface area (Å²) in [4.78, 5) is 11.2. The van der Waals surface area contributed by atoms with Gasteiger partial charge in [0.1, 0.15) is 5.75 Å². The third-order valence-corrected chi connectivity index (χ3v) is 3.34. The van der Waals surface area contributed by atoms with E-state index < -0.39 is 0 Å². The highest BCUT2D eigenvalue weighted by molar-refractivity contribution is 7.15. The highest BCUT2D eigenvalue weighted by Gasteiger charge is 2.02. The van der Waals surface area contributed by atoms with E-state index in [0.29, 0.717) is 11.5 Å². The monoisotopic (exact) mass is 262 g/mol. The number of ether oxygens (including phenoxy) is 2. The molecule has 0 atom stereocenters. The molecule has 3 nitrogen and oxygen atoms in total. The maximum Gasteiger partial charge on any atom is 0.181 e. The van der Waals surface area contributed by atoms with Gasteiger partial charge in [0, 0.05) is 7.11 Å². The van der Waals surface area contributed by atoms with Crippen LogP contribution in [0.2, 0.25) is 0 Å². The van der Waals surface area contributed by atoms with Crippen LogP contribution < -0.4 is 4.74 Å². The number of hydrogen-bond donors (Lipinski definition) is 0. The molecule has 0 amide bonds. The van der Waals surface area contributed by atoms with Crippen molar-refractivity contribution in [3.8, 4) is 10.8 Å². The van der Waals surface area contributed by atoms with Gasteiger partial charge in [-0.05, 0) is 36.2 Å². The molecule has 2 aromatic rings. The summed E-state index contributed by atoms with van der Waals surface area (Å²) < 4.78 is 10.7. The van der Waals surface area contributed by atoms with Crippen LogP contribution >= 0.6 is 11.3 Å². The van der Waals surface area contributed by atoms with Gasteiger partial charge >= 0.3 is 0 Å².